The summed E-state index contributed by atoms with van der Waals surface area (Å²) in [6.45, 7) is 1.22. The van der Waals surface area contributed by atoms with Gasteiger partial charge in [-0.2, -0.15) is 0 Å². The highest BCUT2D eigenvalue weighted by molar-refractivity contribution is 6.30. The first-order chi connectivity index (χ1) is 8.41. The molecule has 0 amide bonds. The molecule has 0 unspecified atom stereocenters. The maximum Gasteiger partial charge on any atom is 0.0878 e. The lowest BCUT2D eigenvalue weighted by Crippen LogP contribution is -2.48. The molecule has 0 spiro atoms. The predicted molar refractivity (Wildman–Crippen MR) is 79.1 cm³/mol. The molecule has 0 saturated heterocycles. The standard InChI is InChI=1S/C16H25ClN/c1-18(2,3)13-16(11-5-4-6-12-16)14-7-9-15(17)10-8-14/h7-10H,4-6,11-13H2,1-3H3/q+1. The highest BCUT2D eigenvalue weighted by Crippen LogP contribution is 2.41. The Hall–Kier alpha value is -0.530. The van der Waals surface area contributed by atoms with Crippen LogP contribution in [0.3, 0.4) is 0 Å². The van der Waals surface area contributed by atoms with Crippen molar-refractivity contribution in [1.29, 1.82) is 0 Å². The molecule has 1 saturated carbocycles. The average molecular weight is 267 g/mol. The molecule has 0 aliphatic heterocycles. The van der Waals surface area contributed by atoms with Crippen LogP contribution in [0.1, 0.15) is 37.7 Å². The maximum absolute atomic E-state index is 6.03. The zero-order chi connectivity index (χ0) is 13.2. The molecule has 1 aliphatic carbocycles. The van der Waals surface area contributed by atoms with E-state index < -0.39 is 0 Å². The molecular weight excluding hydrogens is 242 g/mol. The summed E-state index contributed by atoms with van der Waals surface area (Å²) in [7, 11) is 6.89. The molecule has 100 valence electrons. The molecule has 1 fully saturated rings. The first-order valence-electron chi connectivity index (χ1n) is 6.98. The first kappa shape index (κ1) is 13.9. The zero-order valence-electron chi connectivity index (χ0n) is 11.9. The van der Waals surface area contributed by atoms with Gasteiger partial charge in [0.15, 0.2) is 0 Å². The molecule has 0 bridgehead atoms. The van der Waals surface area contributed by atoms with E-state index >= 15 is 0 Å². The van der Waals surface area contributed by atoms with Crippen LogP contribution in [0.15, 0.2) is 24.3 Å². The van der Waals surface area contributed by atoms with Gasteiger partial charge in [-0.1, -0.05) is 43.0 Å². The molecule has 1 aliphatic rings. The molecule has 0 radical (unpaired) electrons. The van der Waals surface area contributed by atoms with Crippen LogP contribution in [0.25, 0.3) is 0 Å². The third kappa shape index (κ3) is 3.27. The lowest BCUT2D eigenvalue weighted by molar-refractivity contribution is -0.875. The smallest absolute Gasteiger partial charge is 0.0878 e. The Morgan fingerprint density at radius 1 is 1.00 bits per heavy atom. The quantitative estimate of drug-likeness (QED) is 0.718. The monoisotopic (exact) mass is 266 g/mol. The van der Waals surface area contributed by atoms with Crippen molar-refractivity contribution in [2.75, 3.05) is 27.7 Å². The molecule has 0 atom stereocenters. The number of halogens is 1. The summed E-state index contributed by atoms with van der Waals surface area (Å²) in [6.07, 6.45) is 6.77. The SMILES string of the molecule is C[N+](C)(C)CC1(c2ccc(Cl)cc2)CCCCC1. The highest BCUT2D eigenvalue weighted by atomic mass is 35.5. The van der Waals surface area contributed by atoms with Crippen molar-refractivity contribution in [3.63, 3.8) is 0 Å². The van der Waals surface area contributed by atoms with Crippen LogP contribution in [0.2, 0.25) is 5.02 Å². The summed E-state index contributed by atoms with van der Waals surface area (Å²) in [5.74, 6) is 0. The Labute approximate surface area is 116 Å². The molecule has 18 heavy (non-hydrogen) atoms. The van der Waals surface area contributed by atoms with Crippen LogP contribution in [0.5, 0.6) is 0 Å². The van der Waals surface area contributed by atoms with Crippen LogP contribution in [0.4, 0.5) is 0 Å². The van der Waals surface area contributed by atoms with Crippen molar-refractivity contribution < 1.29 is 4.48 Å². The molecule has 0 aromatic heterocycles. The minimum absolute atomic E-state index is 0.362. The highest BCUT2D eigenvalue weighted by Gasteiger charge is 2.38. The Bertz CT molecular complexity index is 383. The summed E-state index contributed by atoms with van der Waals surface area (Å²) in [5.41, 5.74) is 1.85. The second kappa shape index (κ2) is 5.22. The summed E-state index contributed by atoms with van der Waals surface area (Å²) in [4.78, 5) is 0. The van der Waals surface area contributed by atoms with Gasteiger partial charge in [-0.05, 0) is 30.5 Å². The van der Waals surface area contributed by atoms with Gasteiger partial charge in [0.1, 0.15) is 0 Å². The third-order valence-electron chi connectivity index (χ3n) is 4.04. The van der Waals surface area contributed by atoms with Gasteiger partial charge in [-0.25, -0.2) is 0 Å². The summed E-state index contributed by atoms with van der Waals surface area (Å²) < 4.78 is 1.03. The fourth-order valence-electron chi connectivity index (χ4n) is 3.48. The summed E-state index contributed by atoms with van der Waals surface area (Å²) in [5, 5.41) is 0.843. The van der Waals surface area contributed by atoms with E-state index in [0.717, 1.165) is 9.51 Å². The molecule has 0 N–H and O–H groups in total. The number of hydrogen-bond acceptors (Lipinski definition) is 0. The second-order valence-corrected chi connectivity index (χ2v) is 7.23. The molecular formula is C16H25ClN+. The first-order valence-corrected chi connectivity index (χ1v) is 7.36. The molecule has 0 heterocycles. The van der Waals surface area contributed by atoms with E-state index in [-0.39, 0.29) is 0 Å². The molecule has 2 heteroatoms. The number of rotatable bonds is 3. The summed E-state index contributed by atoms with van der Waals surface area (Å²) in [6, 6.07) is 8.57. The molecule has 1 aromatic rings. The van der Waals surface area contributed by atoms with Gasteiger partial charge in [0.2, 0.25) is 0 Å². The molecule has 1 aromatic carbocycles. The van der Waals surface area contributed by atoms with Gasteiger partial charge in [-0.3, -0.25) is 0 Å². The van der Waals surface area contributed by atoms with Gasteiger partial charge < -0.3 is 4.48 Å². The van der Waals surface area contributed by atoms with Crippen molar-refractivity contribution in [1.82, 2.24) is 0 Å². The fourth-order valence-corrected chi connectivity index (χ4v) is 3.60. The average Bonchev–Trinajstić information content (AvgIpc) is 2.28. The van der Waals surface area contributed by atoms with E-state index in [9.17, 15) is 0 Å². The van der Waals surface area contributed by atoms with E-state index in [0.29, 0.717) is 5.41 Å². The Morgan fingerprint density at radius 2 is 1.56 bits per heavy atom. The number of hydrogen-bond donors (Lipinski definition) is 0. The van der Waals surface area contributed by atoms with Crippen LogP contribution in [-0.2, 0) is 5.41 Å². The normalized spacial score (nSPS) is 19.8. The van der Waals surface area contributed by atoms with Crippen LogP contribution < -0.4 is 0 Å². The van der Waals surface area contributed by atoms with E-state index in [1.807, 2.05) is 12.1 Å². The minimum Gasteiger partial charge on any atom is -0.330 e. The van der Waals surface area contributed by atoms with Crippen molar-refractivity contribution in [2.24, 2.45) is 0 Å². The predicted octanol–water partition coefficient (Wildman–Crippen LogP) is 4.25. The Morgan fingerprint density at radius 3 is 2.06 bits per heavy atom. The number of nitrogens with zero attached hydrogens (tertiary/aromatic N) is 1. The molecule has 2 rings (SSSR count). The van der Waals surface area contributed by atoms with E-state index in [2.05, 4.69) is 33.3 Å². The lowest BCUT2D eigenvalue weighted by atomic mass is 9.69. The largest absolute Gasteiger partial charge is 0.330 e. The van der Waals surface area contributed by atoms with Crippen molar-refractivity contribution in [3.05, 3.63) is 34.9 Å². The van der Waals surface area contributed by atoms with Crippen molar-refractivity contribution >= 4 is 11.6 Å². The Kier molecular flexibility index (Phi) is 4.03. The second-order valence-electron chi connectivity index (χ2n) is 6.80. The van der Waals surface area contributed by atoms with E-state index in [1.165, 1.54) is 44.2 Å². The molecule has 1 nitrogen and oxygen atoms in total. The van der Waals surface area contributed by atoms with Crippen LogP contribution in [-0.4, -0.2) is 32.2 Å². The van der Waals surface area contributed by atoms with Gasteiger partial charge in [0.25, 0.3) is 0 Å². The number of likely N-dealkylation sites (N-methyl/N-ethyl adjacent to an activating group) is 1. The fraction of sp³-hybridized carbons (Fsp3) is 0.625. The van der Waals surface area contributed by atoms with Gasteiger partial charge in [0.05, 0.1) is 27.7 Å². The topological polar surface area (TPSA) is 0 Å². The van der Waals surface area contributed by atoms with Crippen molar-refractivity contribution in [2.45, 2.75) is 37.5 Å². The van der Waals surface area contributed by atoms with Crippen LogP contribution >= 0.6 is 11.6 Å². The number of benzene rings is 1. The summed E-state index contributed by atoms with van der Waals surface area (Å²) >= 11 is 6.03. The third-order valence-corrected chi connectivity index (χ3v) is 4.30. The minimum atomic E-state index is 0.362. The number of quaternary nitrogens is 1. The van der Waals surface area contributed by atoms with Gasteiger partial charge >= 0.3 is 0 Å². The lowest BCUT2D eigenvalue weighted by Gasteiger charge is -2.42. The van der Waals surface area contributed by atoms with E-state index in [1.54, 1.807) is 0 Å². The van der Waals surface area contributed by atoms with Crippen LogP contribution in [0, 0.1) is 0 Å². The van der Waals surface area contributed by atoms with Crippen molar-refractivity contribution in [3.8, 4) is 0 Å². The van der Waals surface area contributed by atoms with E-state index in [4.69, 9.17) is 11.6 Å². The Balaban J connectivity index is 2.32. The van der Waals surface area contributed by atoms with Gasteiger partial charge in [0, 0.05) is 10.4 Å². The zero-order valence-corrected chi connectivity index (χ0v) is 12.6. The maximum atomic E-state index is 6.03. The van der Waals surface area contributed by atoms with Gasteiger partial charge in [-0.15, -0.1) is 0 Å².